The van der Waals surface area contributed by atoms with Crippen LogP contribution in [0.1, 0.15) is 16.6 Å². The average Bonchev–Trinajstić information content (AvgIpc) is 3.09. The van der Waals surface area contributed by atoms with Crippen LogP contribution in [0.3, 0.4) is 0 Å². The van der Waals surface area contributed by atoms with Crippen LogP contribution in [0.2, 0.25) is 0 Å². The van der Waals surface area contributed by atoms with Gasteiger partial charge in [-0.3, -0.25) is 0 Å². The maximum atomic E-state index is 12.5. The highest BCUT2D eigenvalue weighted by Gasteiger charge is 2.30. The quantitative estimate of drug-likeness (QED) is 0.822. The lowest BCUT2D eigenvalue weighted by atomic mass is 10.2. The van der Waals surface area contributed by atoms with Crippen LogP contribution in [0.15, 0.2) is 42.7 Å². The SMILES string of the molecule is FC(F)(F)c1ccc(-n2ccc(C3OCCS3)c2)cc1. The van der Waals surface area contributed by atoms with Crippen LogP contribution in [0.4, 0.5) is 13.2 Å². The molecule has 2 nitrogen and oxygen atoms in total. The minimum absolute atomic E-state index is 0.0331. The van der Waals surface area contributed by atoms with Crippen molar-refractivity contribution in [2.75, 3.05) is 12.4 Å². The van der Waals surface area contributed by atoms with Crippen molar-refractivity contribution in [1.82, 2.24) is 4.57 Å². The molecule has 1 aromatic heterocycles. The Labute approximate surface area is 118 Å². The molecule has 1 aromatic carbocycles. The van der Waals surface area contributed by atoms with E-state index in [0.29, 0.717) is 5.69 Å². The summed E-state index contributed by atoms with van der Waals surface area (Å²) in [5.41, 5.74) is 1.13. The Hall–Kier alpha value is -1.40. The van der Waals surface area contributed by atoms with Crippen LogP contribution >= 0.6 is 11.8 Å². The molecule has 1 unspecified atom stereocenters. The average molecular weight is 299 g/mol. The molecular formula is C14H12F3NOS. The molecule has 20 heavy (non-hydrogen) atoms. The molecule has 1 atom stereocenters. The Morgan fingerprint density at radius 1 is 1.15 bits per heavy atom. The van der Waals surface area contributed by atoms with Gasteiger partial charge in [0.15, 0.2) is 0 Å². The van der Waals surface area contributed by atoms with E-state index in [1.54, 1.807) is 16.3 Å². The van der Waals surface area contributed by atoms with Gasteiger partial charge in [-0.15, -0.1) is 11.8 Å². The van der Waals surface area contributed by atoms with Gasteiger partial charge >= 0.3 is 6.18 Å². The molecule has 0 bridgehead atoms. The molecule has 0 aliphatic carbocycles. The van der Waals surface area contributed by atoms with Crippen LogP contribution in [0.25, 0.3) is 5.69 Å². The molecule has 2 aromatic rings. The van der Waals surface area contributed by atoms with Crippen molar-refractivity contribution in [1.29, 1.82) is 0 Å². The first-order valence-corrected chi connectivity index (χ1v) is 7.18. The zero-order valence-corrected chi connectivity index (χ0v) is 11.2. The number of ether oxygens (including phenoxy) is 1. The molecule has 3 rings (SSSR count). The van der Waals surface area contributed by atoms with Crippen LogP contribution in [0, 0.1) is 0 Å². The summed E-state index contributed by atoms with van der Waals surface area (Å²) in [6.07, 6.45) is -0.569. The molecule has 0 saturated carbocycles. The molecule has 6 heteroatoms. The van der Waals surface area contributed by atoms with E-state index < -0.39 is 11.7 Å². The summed E-state index contributed by atoms with van der Waals surface area (Å²) in [7, 11) is 0. The predicted octanol–water partition coefficient (Wildman–Crippen LogP) is 4.26. The highest BCUT2D eigenvalue weighted by Crippen LogP contribution is 2.35. The third-order valence-electron chi connectivity index (χ3n) is 3.10. The Morgan fingerprint density at radius 3 is 2.50 bits per heavy atom. The summed E-state index contributed by atoms with van der Waals surface area (Å²) < 4.78 is 44.9. The summed E-state index contributed by atoms with van der Waals surface area (Å²) in [5.74, 6) is 0.968. The van der Waals surface area contributed by atoms with E-state index in [1.807, 2.05) is 18.5 Å². The molecular weight excluding hydrogens is 287 g/mol. The summed E-state index contributed by atoms with van der Waals surface area (Å²) in [6, 6.07) is 7.05. The van der Waals surface area contributed by atoms with Gasteiger partial charge in [-0.2, -0.15) is 13.2 Å². The summed E-state index contributed by atoms with van der Waals surface area (Å²) in [5, 5.41) is 0. The smallest absolute Gasteiger partial charge is 0.362 e. The van der Waals surface area contributed by atoms with Crippen LogP contribution in [-0.4, -0.2) is 16.9 Å². The Balaban J connectivity index is 1.82. The Bertz CT molecular complexity index is 585. The van der Waals surface area contributed by atoms with Crippen LogP contribution < -0.4 is 0 Å². The van der Waals surface area contributed by atoms with Crippen molar-refractivity contribution >= 4 is 11.8 Å². The summed E-state index contributed by atoms with van der Waals surface area (Å²) in [6.45, 7) is 0.737. The monoisotopic (exact) mass is 299 g/mol. The maximum Gasteiger partial charge on any atom is 0.416 e. The number of hydrogen-bond donors (Lipinski definition) is 0. The number of hydrogen-bond acceptors (Lipinski definition) is 2. The van der Waals surface area contributed by atoms with Gasteiger partial charge in [0.25, 0.3) is 0 Å². The molecule has 0 spiro atoms. The molecule has 1 aliphatic rings. The van der Waals surface area contributed by atoms with E-state index in [9.17, 15) is 13.2 Å². The van der Waals surface area contributed by atoms with Gasteiger partial charge in [0.1, 0.15) is 5.44 Å². The van der Waals surface area contributed by atoms with Crippen LogP contribution in [-0.2, 0) is 10.9 Å². The molecule has 1 saturated heterocycles. The van der Waals surface area contributed by atoms with Gasteiger partial charge in [-0.25, -0.2) is 0 Å². The van der Waals surface area contributed by atoms with Crippen molar-refractivity contribution < 1.29 is 17.9 Å². The minimum atomic E-state index is -4.30. The lowest BCUT2D eigenvalue weighted by molar-refractivity contribution is -0.137. The zero-order chi connectivity index (χ0) is 14.2. The fraction of sp³-hybridized carbons (Fsp3) is 0.286. The summed E-state index contributed by atoms with van der Waals surface area (Å²) in [4.78, 5) is 0. The molecule has 1 fully saturated rings. The van der Waals surface area contributed by atoms with E-state index in [0.717, 1.165) is 30.1 Å². The van der Waals surface area contributed by atoms with E-state index in [-0.39, 0.29) is 5.44 Å². The fourth-order valence-corrected chi connectivity index (χ4v) is 3.02. The van der Waals surface area contributed by atoms with E-state index in [4.69, 9.17) is 4.74 Å². The third kappa shape index (κ3) is 2.71. The Kier molecular flexibility index (Phi) is 3.52. The molecule has 2 heterocycles. The highest BCUT2D eigenvalue weighted by molar-refractivity contribution is 7.99. The molecule has 106 valence electrons. The Morgan fingerprint density at radius 2 is 1.90 bits per heavy atom. The first-order valence-electron chi connectivity index (χ1n) is 6.13. The second kappa shape index (κ2) is 5.18. The third-order valence-corrected chi connectivity index (χ3v) is 4.22. The van der Waals surface area contributed by atoms with Crippen LogP contribution in [0.5, 0.6) is 0 Å². The maximum absolute atomic E-state index is 12.5. The van der Waals surface area contributed by atoms with Crippen molar-refractivity contribution in [3.05, 3.63) is 53.9 Å². The molecule has 0 N–H and O–H groups in total. The van der Waals surface area contributed by atoms with Gasteiger partial charge in [0.2, 0.25) is 0 Å². The zero-order valence-electron chi connectivity index (χ0n) is 10.4. The lowest BCUT2D eigenvalue weighted by Crippen LogP contribution is -2.04. The molecule has 0 amide bonds. The second-order valence-corrected chi connectivity index (χ2v) is 5.64. The largest absolute Gasteiger partial charge is 0.416 e. The van der Waals surface area contributed by atoms with E-state index >= 15 is 0 Å². The summed E-state index contributed by atoms with van der Waals surface area (Å²) >= 11 is 1.73. The normalized spacial score (nSPS) is 19.4. The van der Waals surface area contributed by atoms with Crippen molar-refractivity contribution in [2.24, 2.45) is 0 Å². The molecule has 1 aliphatic heterocycles. The fourth-order valence-electron chi connectivity index (χ4n) is 2.09. The standard InChI is InChI=1S/C14H12F3NOS/c15-14(16,17)11-1-3-12(4-2-11)18-6-5-10(9-18)13-19-7-8-20-13/h1-6,9,13H,7-8H2. The number of rotatable bonds is 2. The molecule has 0 radical (unpaired) electrons. The number of thioether (sulfide) groups is 1. The number of halogens is 3. The minimum Gasteiger partial charge on any atom is -0.362 e. The van der Waals surface area contributed by atoms with Crippen molar-refractivity contribution in [2.45, 2.75) is 11.6 Å². The van der Waals surface area contributed by atoms with Gasteiger partial charge in [0, 0.05) is 29.4 Å². The van der Waals surface area contributed by atoms with Gasteiger partial charge in [-0.1, -0.05) is 0 Å². The van der Waals surface area contributed by atoms with Gasteiger partial charge in [0.05, 0.1) is 12.2 Å². The number of benzene rings is 1. The second-order valence-electron chi connectivity index (χ2n) is 4.47. The first kappa shape index (κ1) is 13.6. The predicted molar refractivity (Wildman–Crippen MR) is 71.9 cm³/mol. The highest BCUT2D eigenvalue weighted by atomic mass is 32.2. The van der Waals surface area contributed by atoms with Gasteiger partial charge < -0.3 is 9.30 Å². The van der Waals surface area contributed by atoms with Crippen molar-refractivity contribution in [3.63, 3.8) is 0 Å². The lowest BCUT2D eigenvalue weighted by Gasteiger charge is -2.08. The van der Waals surface area contributed by atoms with Gasteiger partial charge in [-0.05, 0) is 30.3 Å². The number of aromatic nitrogens is 1. The topological polar surface area (TPSA) is 14.2 Å². The van der Waals surface area contributed by atoms with E-state index in [1.165, 1.54) is 12.1 Å². The number of alkyl halides is 3. The number of nitrogens with zero attached hydrogens (tertiary/aromatic N) is 1. The van der Waals surface area contributed by atoms with Crippen molar-refractivity contribution in [3.8, 4) is 5.69 Å². The first-order chi connectivity index (χ1) is 9.54. The van der Waals surface area contributed by atoms with E-state index in [2.05, 4.69) is 0 Å².